The molecule has 8 heteroatoms. The minimum Gasteiger partial charge on any atom is -0.444 e. The quantitative estimate of drug-likeness (QED) is 0.551. The van der Waals surface area contributed by atoms with Crippen LogP contribution in [-0.2, 0) is 7.05 Å². The van der Waals surface area contributed by atoms with Crippen molar-refractivity contribution in [2.24, 2.45) is 7.05 Å². The molecule has 0 radical (unpaired) electrons. The molecule has 0 aliphatic carbocycles. The maximum absolute atomic E-state index is 12.0. The molecule has 1 heterocycles. The van der Waals surface area contributed by atoms with Gasteiger partial charge in [0.25, 0.3) is 0 Å². The Balaban J connectivity index is 0.00000121. The molecular formula is C4H4BBrF3KN2. The molecule has 0 saturated heterocycles. The molecule has 1 aromatic rings. The fraction of sp³-hybridized carbons (Fsp3) is 0.250. The zero-order valence-corrected chi connectivity index (χ0v) is 11.3. The largest absolute Gasteiger partial charge is 1.00 e. The molecule has 0 spiro atoms. The predicted octanol–water partition coefficient (Wildman–Crippen LogP) is -1.76. The van der Waals surface area contributed by atoms with Gasteiger partial charge in [-0.15, -0.1) is 0 Å². The molecule has 0 bridgehead atoms. The van der Waals surface area contributed by atoms with Crippen molar-refractivity contribution in [3.8, 4) is 0 Å². The zero-order valence-electron chi connectivity index (χ0n) is 6.56. The van der Waals surface area contributed by atoms with Crippen LogP contribution in [0.2, 0.25) is 0 Å². The first-order valence-corrected chi connectivity index (χ1v) is 3.60. The number of nitrogens with zero attached hydrogens (tertiary/aromatic N) is 2. The van der Waals surface area contributed by atoms with Crippen LogP contribution in [-0.4, -0.2) is 16.8 Å². The van der Waals surface area contributed by atoms with Gasteiger partial charge in [0.05, 0.1) is 0 Å². The van der Waals surface area contributed by atoms with E-state index in [1.165, 1.54) is 7.05 Å². The second kappa shape index (κ2) is 4.61. The van der Waals surface area contributed by atoms with Gasteiger partial charge >= 0.3 is 58.4 Å². The van der Waals surface area contributed by atoms with E-state index >= 15 is 0 Å². The van der Waals surface area contributed by atoms with Gasteiger partial charge in [0.2, 0.25) is 0 Å². The van der Waals surface area contributed by atoms with E-state index in [9.17, 15) is 12.9 Å². The van der Waals surface area contributed by atoms with Crippen LogP contribution in [0.25, 0.3) is 0 Å². The van der Waals surface area contributed by atoms with E-state index in [-0.39, 0.29) is 56.0 Å². The molecule has 0 aliphatic heterocycles. The average Bonchev–Trinajstić information content (AvgIpc) is 2.08. The van der Waals surface area contributed by atoms with Gasteiger partial charge in [-0.05, 0) is 27.6 Å². The van der Waals surface area contributed by atoms with Crippen LogP contribution in [0.15, 0.2) is 10.7 Å². The molecule has 0 aliphatic rings. The van der Waals surface area contributed by atoms with Gasteiger partial charge in [0.15, 0.2) is 0 Å². The van der Waals surface area contributed by atoms with E-state index in [0.29, 0.717) is 0 Å². The zero-order chi connectivity index (χ0) is 8.65. The second-order valence-electron chi connectivity index (χ2n) is 2.09. The van der Waals surface area contributed by atoms with Crippen LogP contribution in [0, 0.1) is 0 Å². The fourth-order valence-corrected chi connectivity index (χ4v) is 1.22. The molecular weight excluding hydrogens is 263 g/mol. The van der Waals surface area contributed by atoms with Crippen molar-refractivity contribution < 1.29 is 64.3 Å². The summed E-state index contributed by atoms with van der Waals surface area (Å²) in [4.78, 5) is 0. The molecule has 12 heavy (non-hydrogen) atoms. The molecule has 0 aromatic carbocycles. The predicted molar refractivity (Wildman–Crippen MR) is 39.6 cm³/mol. The van der Waals surface area contributed by atoms with E-state index in [1.807, 2.05) is 0 Å². The molecule has 0 amide bonds. The molecule has 62 valence electrons. The first-order chi connectivity index (χ1) is 4.91. The Morgan fingerprint density at radius 3 is 2.17 bits per heavy atom. The van der Waals surface area contributed by atoms with E-state index in [0.717, 1.165) is 10.7 Å². The Bertz CT molecular complexity index is 274. The van der Waals surface area contributed by atoms with Gasteiger partial charge in [0.1, 0.15) is 4.60 Å². The minimum absolute atomic E-state index is 0. The van der Waals surface area contributed by atoms with E-state index in [4.69, 9.17) is 0 Å². The van der Waals surface area contributed by atoms with Crippen LogP contribution in [0.5, 0.6) is 0 Å². The summed E-state index contributed by atoms with van der Waals surface area (Å²) in [5, 5.41) is 3.51. The van der Waals surface area contributed by atoms with Crippen molar-refractivity contribution in [2.45, 2.75) is 0 Å². The summed E-state index contributed by atoms with van der Waals surface area (Å²) in [7, 11) is 1.26. The van der Waals surface area contributed by atoms with Crippen LogP contribution in [0.1, 0.15) is 0 Å². The van der Waals surface area contributed by atoms with Crippen molar-refractivity contribution in [2.75, 3.05) is 0 Å². The first-order valence-electron chi connectivity index (χ1n) is 2.80. The fourth-order valence-electron chi connectivity index (χ4n) is 0.752. The Morgan fingerprint density at radius 1 is 1.50 bits per heavy atom. The molecule has 0 fully saturated rings. The Labute approximate surface area is 118 Å². The summed E-state index contributed by atoms with van der Waals surface area (Å²) < 4.78 is 37.1. The standard InChI is InChI=1S/C4H4BBrF3N2.K/c1-11-3(5(7,8)9)2-4(6)10-11;/h2H,1H3;/q-1;+1. The third-order valence-corrected chi connectivity index (χ3v) is 1.61. The monoisotopic (exact) mass is 266 g/mol. The van der Waals surface area contributed by atoms with Gasteiger partial charge in [-0.25, -0.2) is 0 Å². The normalized spacial score (nSPS) is 11.1. The molecule has 0 unspecified atom stereocenters. The molecule has 2 nitrogen and oxygen atoms in total. The minimum atomic E-state index is -4.94. The summed E-state index contributed by atoms with van der Waals surface area (Å²) in [5.74, 6) is 0. The maximum atomic E-state index is 12.0. The third-order valence-electron chi connectivity index (χ3n) is 1.22. The molecule has 1 rings (SSSR count). The van der Waals surface area contributed by atoms with E-state index in [1.54, 1.807) is 0 Å². The second-order valence-corrected chi connectivity index (χ2v) is 2.90. The van der Waals surface area contributed by atoms with Crippen molar-refractivity contribution in [3.63, 3.8) is 0 Å². The number of hydrogen-bond acceptors (Lipinski definition) is 1. The Hall–Kier alpha value is 1.18. The number of aryl methyl sites for hydroxylation is 1. The van der Waals surface area contributed by atoms with Gasteiger partial charge in [0, 0.05) is 7.05 Å². The smallest absolute Gasteiger partial charge is 0.444 e. The SMILES string of the molecule is Cn1nc(Br)cc1[B-](F)(F)F.[K+]. The van der Waals surface area contributed by atoms with Gasteiger partial charge in [-0.1, -0.05) is 0 Å². The molecule has 0 N–H and O–H groups in total. The van der Waals surface area contributed by atoms with E-state index < -0.39 is 12.6 Å². The average molecular weight is 267 g/mol. The Morgan fingerprint density at radius 2 is 2.00 bits per heavy atom. The van der Waals surface area contributed by atoms with Gasteiger partial charge < -0.3 is 17.6 Å². The number of rotatable bonds is 1. The third kappa shape index (κ3) is 3.15. The summed E-state index contributed by atoms with van der Waals surface area (Å²) in [6.07, 6.45) is 0. The van der Waals surface area contributed by atoms with Crippen LogP contribution >= 0.6 is 15.9 Å². The van der Waals surface area contributed by atoms with Crippen molar-refractivity contribution >= 4 is 28.5 Å². The number of hydrogen-bond donors (Lipinski definition) is 0. The molecule has 0 saturated carbocycles. The molecule has 0 atom stereocenters. The molecule has 1 aromatic heterocycles. The summed E-state index contributed by atoms with van der Waals surface area (Å²) in [6, 6.07) is 0.958. The maximum Gasteiger partial charge on any atom is 1.00 e. The summed E-state index contributed by atoms with van der Waals surface area (Å²) in [6.45, 7) is -4.94. The summed E-state index contributed by atoms with van der Waals surface area (Å²) >= 11 is 2.85. The van der Waals surface area contributed by atoms with Gasteiger partial charge in [-0.3, -0.25) is 0 Å². The van der Waals surface area contributed by atoms with E-state index in [2.05, 4.69) is 21.0 Å². The first kappa shape index (κ1) is 13.2. The van der Waals surface area contributed by atoms with Crippen LogP contribution < -0.4 is 57.0 Å². The van der Waals surface area contributed by atoms with Crippen LogP contribution in [0.3, 0.4) is 0 Å². The summed E-state index contributed by atoms with van der Waals surface area (Å²) in [5.41, 5.74) is -0.697. The van der Waals surface area contributed by atoms with Crippen LogP contribution in [0.4, 0.5) is 12.9 Å². The number of halogens is 4. The topological polar surface area (TPSA) is 17.8 Å². The van der Waals surface area contributed by atoms with Gasteiger partial charge in [-0.2, -0.15) is 5.10 Å². The Kier molecular flexibility index (Phi) is 5.06. The van der Waals surface area contributed by atoms with Crippen molar-refractivity contribution in [1.82, 2.24) is 9.78 Å². The van der Waals surface area contributed by atoms with Crippen molar-refractivity contribution in [3.05, 3.63) is 10.7 Å². The number of aromatic nitrogens is 2. The van der Waals surface area contributed by atoms with Crippen molar-refractivity contribution in [1.29, 1.82) is 0 Å².